The summed E-state index contributed by atoms with van der Waals surface area (Å²) in [4.78, 5) is 4.09. The van der Waals surface area contributed by atoms with Gasteiger partial charge >= 0.3 is 0 Å². The molecular weight excluding hydrogens is 328 g/mol. The van der Waals surface area contributed by atoms with Crippen LogP contribution >= 0.6 is 15.9 Å². The fraction of sp³-hybridized carbons (Fsp3) is 0.500. The van der Waals surface area contributed by atoms with E-state index in [-0.39, 0.29) is 0 Å². The van der Waals surface area contributed by atoms with Gasteiger partial charge in [-0.05, 0) is 60.4 Å². The van der Waals surface area contributed by atoms with Gasteiger partial charge in [0.2, 0.25) is 0 Å². The number of likely N-dealkylation sites (N-methyl/N-ethyl adjacent to an activating group) is 1. The van der Waals surface area contributed by atoms with Gasteiger partial charge in [-0.3, -0.25) is 9.67 Å². The SMILES string of the molecule is CCNC(Cc1ccncc1)Cc1c(Br)c(C)nn1CC. The van der Waals surface area contributed by atoms with E-state index in [1.54, 1.807) is 0 Å². The Hall–Kier alpha value is -1.20. The molecule has 2 rings (SSSR count). The number of aromatic nitrogens is 3. The summed E-state index contributed by atoms with van der Waals surface area (Å²) in [5.41, 5.74) is 3.65. The molecule has 0 aliphatic heterocycles. The van der Waals surface area contributed by atoms with E-state index < -0.39 is 0 Å². The zero-order chi connectivity index (χ0) is 15.2. The molecule has 0 aliphatic rings. The maximum absolute atomic E-state index is 4.58. The van der Waals surface area contributed by atoms with Crippen LogP contribution in [0, 0.1) is 6.92 Å². The Labute approximate surface area is 135 Å². The van der Waals surface area contributed by atoms with Gasteiger partial charge in [0.05, 0.1) is 15.9 Å². The van der Waals surface area contributed by atoms with E-state index in [2.05, 4.69) is 62.0 Å². The summed E-state index contributed by atoms with van der Waals surface area (Å²) >= 11 is 3.69. The summed E-state index contributed by atoms with van der Waals surface area (Å²) in [7, 11) is 0. The van der Waals surface area contributed by atoms with Crippen molar-refractivity contribution in [2.45, 2.75) is 46.2 Å². The summed E-state index contributed by atoms with van der Waals surface area (Å²) in [5, 5.41) is 8.17. The van der Waals surface area contributed by atoms with Crippen molar-refractivity contribution in [3.05, 3.63) is 46.0 Å². The smallest absolute Gasteiger partial charge is 0.0738 e. The van der Waals surface area contributed by atoms with E-state index in [1.165, 1.54) is 11.3 Å². The van der Waals surface area contributed by atoms with Crippen LogP contribution in [0.4, 0.5) is 0 Å². The Morgan fingerprint density at radius 2 is 1.95 bits per heavy atom. The second-order valence-corrected chi connectivity index (χ2v) is 5.97. The second-order valence-electron chi connectivity index (χ2n) is 5.18. The molecule has 0 saturated carbocycles. The number of aryl methyl sites for hydroxylation is 2. The van der Waals surface area contributed by atoms with Gasteiger partial charge in [0.15, 0.2) is 0 Å². The van der Waals surface area contributed by atoms with Crippen molar-refractivity contribution in [1.82, 2.24) is 20.1 Å². The first-order valence-electron chi connectivity index (χ1n) is 7.49. The van der Waals surface area contributed by atoms with Crippen LogP contribution in [0.5, 0.6) is 0 Å². The number of hydrogen-bond acceptors (Lipinski definition) is 3. The van der Waals surface area contributed by atoms with Crippen LogP contribution in [0.25, 0.3) is 0 Å². The monoisotopic (exact) mass is 350 g/mol. The van der Waals surface area contributed by atoms with Gasteiger partial charge in [-0.25, -0.2) is 0 Å². The van der Waals surface area contributed by atoms with Crippen LogP contribution in [0.2, 0.25) is 0 Å². The number of nitrogens with one attached hydrogen (secondary N) is 1. The maximum atomic E-state index is 4.58. The highest BCUT2D eigenvalue weighted by Crippen LogP contribution is 2.23. The molecule has 114 valence electrons. The molecular formula is C16H23BrN4. The van der Waals surface area contributed by atoms with E-state index in [1.807, 2.05) is 19.3 Å². The summed E-state index contributed by atoms with van der Waals surface area (Å²) in [6, 6.07) is 4.57. The number of rotatable bonds is 7. The van der Waals surface area contributed by atoms with Gasteiger partial charge in [0.25, 0.3) is 0 Å². The van der Waals surface area contributed by atoms with Crippen molar-refractivity contribution in [2.24, 2.45) is 0 Å². The van der Waals surface area contributed by atoms with Crippen LogP contribution in [0.3, 0.4) is 0 Å². The molecule has 0 saturated heterocycles. The van der Waals surface area contributed by atoms with Crippen molar-refractivity contribution in [2.75, 3.05) is 6.54 Å². The van der Waals surface area contributed by atoms with Crippen molar-refractivity contribution < 1.29 is 0 Å². The molecule has 2 heterocycles. The van der Waals surface area contributed by atoms with Crippen molar-refractivity contribution in [3.8, 4) is 0 Å². The van der Waals surface area contributed by atoms with Crippen LogP contribution < -0.4 is 5.32 Å². The van der Waals surface area contributed by atoms with Crippen LogP contribution in [0.15, 0.2) is 29.0 Å². The Balaban J connectivity index is 2.16. The summed E-state index contributed by atoms with van der Waals surface area (Å²) in [5.74, 6) is 0. The number of hydrogen-bond donors (Lipinski definition) is 1. The molecule has 2 aromatic rings. The molecule has 1 atom stereocenters. The summed E-state index contributed by atoms with van der Waals surface area (Å²) in [6.45, 7) is 8.19. The lowest BCUT2D eigenvalue weighted by Gasteiger charge is -2.19. The molecule has 0 fully saturated rings. The molecule has 0 radical (unpaired) electrons. The normalized spacial score (nSPS) is 12.6. The first-order chi connectivity index (χ1) is 10.2. The topological polar surface area (TPSA) is 42.7 Å². The molecule has 0 aliphatic carbocycles. The van der Waals surface area contributed by atoms with Gasteiger partial charge in [-0.15, -0.1) is 0 Å². The van der Waals surface area contributed by atoms with Gasteiger partial charge < -0.3 is 5.32 Å². The molecule has 5 heteroatoms. The lowest BCUT2D eigenvalue weighted by molar-refractivity contribution is 0.494. The number of pyridine rings is 1. The van der Waals surface area contributed by atoms with Gasteiger partial charge in [0.1, 0.15) is 0 Å². The Bertz CT molecular complexity index is 565. The minimum absolute atomic E-state index is 0.398. The van der Waals surface area contributed by atoms with Crippen molar-refractivity contribution in [3.63, 3.8) is 0 Å². The van der Waals surface area contributed by atoms with E-state index in [0.29, 0.717) is 6.04 Å². The van der Waals surface area contributed by atoms with Crippen LogP contribution in [0.1, 0.15) is 30.8 Å². The van der Waals surface area contributed by atoms with Crippen molar-refractivity contribution in [1.29, 1.82) is 0 Å². The first-order valence-corrected chi connectivity index (χ1v) is 8.29. The van der Waals surface area contributed by atoms with E-state index in [4.69, 9.17) is 0 Å². The third kappa shape index (κ3) is 4.14. The highest BCUT2D eigenvalue weighted by molar-refractivity contribution is 9.10. The minimum atomic E-state index is 0.398. The molecule has 0 aromatic carbocycles. The van der Waals surface area contributed by atoms with Crippen molar-refractivity contribution >= 4 is 15.9 Å². The van der Waals surface area contributed by atoms with E-state index in [0.717, 1.165) is 36.1 Å². The fourth-order valence-electron chi connectivity index (χ4n) is 2.61. The quantitative estimate of drug-likeness (QED) is 0.833. The molecule has 2 aromatic heterocycles. The Kier molecular flexibility index (Phi) is 5.94. The van der Waals surface area contributed by atoms with E-state index >= 15 is 0 Å². The zero-order valence-corrected chi connectivity index (χ0v) is 14.5. The minimum Gasteiger partial charge on any atom is -0.314 e. The first kappa shape index (κ1) is 16.2. The largest absolute Gasteiger partial charge is 0.314 e. The van der Waals surface area contributed by atoms with Crippen LogP contribution in [-0.2, 0) is 19.4 Å². The highest BCUT2D eigenvalue weighted by atomic mass is 79.9. The highest BCUT2D eigenvalue weighted by Gasteiger charge is 2.17. The molecule has 0 bridgehead atoms. The molecule has 1 unspecified atom stereocenters. The van der Waals surface area contributed by atoms with Gasteiger partial charge in [0, 0.05) is 31.4 Å². The van der Waals surface area contributed by atoms with Gasteiger partial charge in [-0.2, -0.15) is 5.10 Å². The molecule has 21 heavy (non-hydrogen) atoms. The average Bonchev–Trinajstić information content (AvgIpc) is 2.76. The number of halogens is 1. The maximum Gasteiger partial charge on any atom is 0.0738 e. The predicted molar refractivity (Wildman–Crippen MR) is 89.4 cm³/mol. The fourth-order valence-corrected chi connectivity index (χ4v) is 3.05. The third-order valence-electron chi connectivity index (χ3n) is 3.62. The van der Waals surface area contributed by atoms with Gasteiger partial charge in [-0.1, -0.05) is 6.92 Å². The Morgan fingerprint density at radius 1 is 1.24 bits per heavy atom. The standard InChI is InChI=1S/C16H23BrN4/c1-4-19-14(10-13-6-8-18-9-7-13)11-15-16(17)12(3)20-21(15)5-2/h6-9,14,19H,4-5,10-11H2,1-3H3. The number of nitrogens with zero attached hydrogens (tertiary/aromatic N) is 3. The summed E-state index contributed by atoms with van der Waals surface area (Å²) < 4.78 is 3.23. The lowest BCUT2D eigenvalue weighted by atomic mass is 10.0. The molecule has 4 nitrogen and oxygen atoms in total. The Morgan fingerprint density at radius 3 is 2.57 bits per heavy atom. The summed E-state index contributed by atoms with van der Waals surface area (Å²) in [6.07, 6.45) is 5.67. The lowest BCUT2D eigenvalue weighted by Crippen LogP contribution is -2.34. The predicted octanol–water partition coefficient (Wildman–Crippen LogP) is 3.13. The average molecular weight is 351 g/mol. The van der Waals surface area contributed by atoms with Crippen LogP contribution in [-0.4, -0.2) is 27.4 Å². The molecule has 1 N–H and O–H groups in total. The molecule has 0 spiro atoms. The third-order valence-corrected chi connectivity index (χ3v) is 4.65. The second kappa shape index (κ2) is 7.71. The molecule has 0 amide bonds. The van der Waals surface area contributed by atoms with E-state index in [9.17, 15) is 0 Å². The zero-order valence-electron chi connectivity index (χ0n) is 12.9.